The first kappa shape index (κ1) is 11.3. The Morgan fingerprint density at radius 1 is 1.40 bits per heavy atom. The third kappa shape index (κ3) is 3.44. The topological polar surface area (TPSA) is 66.8 Å². The van der Waals surface area contributed by atoms with Crippen molar-refractivity contribution in [2.45, 2.75) is 6.10 Å². The second-order valence-corrected chi connectivity index (χ2v) is 2.92. The van der Waals surface area contributed by atoms with Gasteiger partial charge in [0.15, 0.2) is 0 Å². The number of carboxylic acid groups (broad SMARTS) is 1. The van der Waals surface area contributed by atoms with Crippen molar-refractivity contribution in [2.24, 2.45) is 0 Å². The Bertz CT molecular complexity index is 353. The van der Waals surface area contributed by atoms with Crippen LogP contribution in [-0.4, -0.2) is 23.3 Å². The van der Waals surface area contributed by atoms with E-state index in [-0.39, 0.29) is 0 Å². The van der Waals surface area contributed by atoms with Gasteiger partial charge in [0.25, 0.3) is 0 Å². The van der Waals surface area contributed by atoms with Gasteiger partial charge >= 0.3 is 5.97 Å². The van der Waals surface area contributed by atoms with Crippen LogP contribution in [0.25, 0.3) is 0 Å². The molecule has 0 saturated heterocycles. The predicted molar refractivity (Wildman–Crippen MR) is 54.7 cm³/mol. The van der Waals surface area contributed by atoms with E-state index in [0.717, 1.165) is 6.08 Å². The van der Waals surface area contributed by atoms with Gasteiger partial charge in [-0.15, -0.1) is 0 Å². The van der Waals surface area contributed by atoms with Crippen molar-refractivity contribution in [3.63, 3.8) is 0 Å². The van der Waals surface area contributed by atoms with Crippen molar-refractivity contribution >= 4 is 5.97 Å². The molecule has 0 spiro atoms. The highest BCUT2D eigenvalue weighted by Crippen LogP contribution is 2.18. The standard InChI is InChI=1S/C11H12O4/c1-15-9-4-2-8(3-5-9)10(12)6-7-11(13)14/h2-7,10,12H,1H3,(H,13,14)/b7-6+. The molecular formula is C11H12O4. The highest BCUT2D eigenvalue weighted by atomic mass is 16.5. The van der Waals surface area contributed by atoms with Gasteiger partial charge in [-0.3, -0.25) is 0 Å². The van der Waals surface area contributed by atoms with Crippen LogP contribution in [-0.2, 0) is 4.79 Å². The number of carbonyl (C=O) groups is 1. The maximum atomic E-state index is 10.2. The van der Waals surface area contributed by atoms with Crippen LogP contribution in [0.1, 0.15) is 11.7 Å². The maximum Gasteiger partial charge on any atom is 0.328 e. The Hall–Kier alpha value is -1.81. The van der Waals surface area contributed by atoms with E-state index in [1.165, 1.54) is 6.08 Å². The number of hydrogen-bond donors (Lipinski definition) is 2. The molecule has 1 atom stereocenters. The second-order valence-electron chi connectivity index (χ2n) is 2.92. The molecule has 0 aliphatic rings. The summed E-state index contributed by atoms with van der Waals surface area (Å²) in [5, 5.41) is 17.9. The molecule has 0 aliphatic carbocycles. The fraction of sp³-hybridized carbons (Fsp3) is 0.182. The van der Waals surface area contributed by atoms with E-state index < -0.39 is 12.1 Å². The van der Waals surface area contributed by atoms with Gasteiger partial charge in [0.2, 0.25) is 0 Å². The van der Waals surface area contributed by atoms with E-state index in [1.54, 1.807) is 31.4 Å². The van der Waals surface area contributed by atoms with Crippen LogP contribution in [0.4, 0.5) is 0 Å². The number of rotatable bonds is 4. The van der Waals surface area contributed by atoms with E-state index >= 15 is 0 Å². The van der Waals surface area contributed by atoms with E-state index in [0.29, 0.717) is 11.3 Å². The van der Waals surface area contributed by atoms with Crippen LogP contribution in [0.2, 0.25) is 0 Å². The summed E-state index contributed by atoms with van der Waals surface area (Å²) < 4.78 is 4.95. The lowest BCUT2D eigenvalue weighted by Gasteiger charge is -2.06. The summed E-state index contributed by atoms with van der Waals surface area (Å²) in [5.41, 5.74) is 0.619. The van der Waals surface area contributed by atoms with Crippen LogP contribution in [0, 0.1) is 0 Å². The Morgan fingerprint density at radius 3 is 2.47 bits per heavy atom. The van der Waals surface area contributed by atoms with Gasteiger partial charge in [0.05, 0.1) is 13.2 Å². The second kappa shape index (κ2) is 5.17. The van der Waals surface area contributed by atoms with Gasteiger partial charge in [0, 0.05) is 6.08 Å². The number of aliphatic carboxylic acids is 1. The molecule has 0 aromatic heterocycles. The smallest absolute Gasteiger partial charge is 0.328 e. The molecule has 2 N–H and O–H groups in total. The summed E-state index contributed by atoms with van der Waals surface area (Å²) in [4.78, 5) is 10.2. The Labute approximate surface area is 87.4 Å². The molecule has 0 fully saturated rings. The first-order valence-electron chi connectivity index (χ1n) is 4.36. The molecule has 1 unspecified atom stereocenters. The molecule has 0 aliphatic heterocycles. The SMILES string of the molecule is COc1ccc(C(O)/C=C/C(=O)O)cc1. The maximum absolute atomic E-state index is 10.2. The lowest BCUT2D eigenvalue weighted by atomic mass is 10.1. The normalized spacial score (nSPS) is 12.7. The Balaban J connectivity index is 2.74. The minimum Gasteiger partial charge on any atom is -0.497 e. The number of hydrogen-bond acceptors (Lipinski definition) is 3. The molecule has 15 heavy (non-hydrogen) atoms. The van der Waals surface area contributed by atoms with E-state index in [4.69, 9.17) is 9.84 Å². The van der Waals surface area contributed by atoms with E-state index in [2.05, 4.69) is 0 Å². The highest BCUT2D eigenvalue weighted by molar-refractivity contribution is 5.79. The Morgan fingerprint density at radius 2 is 2.00 bits per heavy atom. The van der Waals surface area contributed by atoms with Crippen LogP contribution in [0.3, 0.4) is 0 Å². The lowest BCUT2D eigenvalue weighted by Crippen LogP contribution is -1.95. The molecule has 80 valence electrons. The third-order valence-electron chi connectivity index (χ3n) is 1.88. The van der Waals surface area contributed by atoms with Crippen LogP contribution < -0.4 is 4.74 Å². The fourth-order valence-corrected chi connectivity index (χ4v) is 1.09. The molecule has 0 heterocycles. The summed E-state index contributed by atoms with van der Waals surface area (Å²) >= 11 is 0. The molecule has 4 heteroatoms. The molecule has 1 aromatic rings. The van der Waals surface area contributed by atoms with Gasteiger partial charge < -0.3 is 14.9 Å². The summed E-state index contributed by atoms with van der Waals surface area (Å²) in [7, 11) is 1.55. The zero-order chi connectivity index (χ0) is 11.3. The number of ether oxygens (including phenoxy) is 1. The van der Waals surface area contributed by atoms with E-state index in [9.17, 15) is 9.90 Å². The number of methoxy groups -OCH3 is 1. The summed E-state index contributed by atoms with van der Waals surface area (Å²) in [6, 6.07) is 6.76. The monoisotopic (exact) mass is 208 g/mol. The number of aliphatic hydroxyl groups excluding tert-OH is 1. The molecule has 4 nitrogen and oxygen atoms in total. The lowest BCUT2D eigenvalue weighted by molar-refractivity contribution is -0.131. The predicted octanol–water partition coefficient (Wildman–Crippen LogP) is 1.37. The third-order valence-corrected chi connectivity index (χ3v) is 1.88. The van der Waals surface area contributed by atoms with Crippen molar-refractivity contribution in [1.29, 1.82) is 0 Å². The summed E-state index contributed by atoms with van der Waals surface area (Å²) in [6.45, 7) is 0. The number of benzene rings is 1. The Kier molecular flexibility index (Phi) is 3.88. The molecule has 1 rings (SSSR count). The molecule has 1 aromatic carbocycles. The molecule has 0 radical (unpaired) electrons. The zero-order valence-electron chi connectivity index (χ0n) is 8.25. The zero-order valence-corrected chi connectivity index (χ0v) is 8.25. The number of aliphatic hydroxyl groups is 1. The van der Waals surface area contributed by atoms with Crippen molar-refractivity contribution in [2.75, 3.05) is 7.11 Å². The van der Waals surface area contributed by atoms with Gasteiger partial charge in [-0.05, 0) is 23.8 Å². The summed E-state index contributed by atoms with van der Waals surface area (Å²) in [5.74, 6) is -0.393. The molecule has 0 saturated carbocycles. The fourth-order valence-electron chi connectivity index (χ4n) is 1.09. The van der Waals surface area contributed by atoms with Gasteiger partial charge in [-0.25, -0.2) is 4.79 Å². The average Bonchev–Trinajstić information content (AvgIpc) is 2.26. The highest BCUT2D eigenvalue weighted by Gasteiger charge is 2.03. The first-order valence-corrected chi connectivity index (χ1v) is 4.36. The number of carboxylic acids is 1. The van der Waals surface area contributed by atoms with Gasteiger partial charge in [-0.1, -0.05) is 12.1 Å². The van der Waals surface area contributed by atoms with Crippen LogP contribution in [0.5, 0.6) is 5.75 Å². The molecule has 0 bridgehead atoms. The molecule has 0 amide bonds. The minimum atomic E-state index is -1.08. The van der Waals surface area contributed by atoms with E-state index in [1.807, 2.05) is 0 Å². The first-order chi connectivity index (χ1) is 7.13. The van der Waals surface area contributed by atoms with Crippen molar-refractivity contribution < 1.29 is 19.7 Å². The summed E-state index contributed by atoms with van der Waals surface area (Å²) in [6.07, 6.45) is 1.21. The van der Waals surface area contributed by atoms with Crippen molar-refractivity contribution in [3.05, 3.63) is 42.0 Å². The quantitative estimate of drug-likeness (QED) is 0.733. The average molecular weight is 208 g/mol. The minimum absolute atomic E-state index is 0.619. The van der Waals surface area contributed by atoms with Crippen LogP contribution >= 0.6 is 0 Å². The van der Waals surface area contributed by atoms with Crippen molar-refractivity contribution in [1.82, 2.24) is 0 Å². The largest absolute Gasteiger partial charge is 0.497 e. The van der Waals surface area contributed by atoms with Gasteiger partial charge in [-0.2, -0.15) is 0 Å². The molecular weight excluding hydrogens is 196 g/mol. The van der Waals surface area contributed by atoms with Gasteiger partial charge in [0.1, 0.15) is 5.75 Å². The van der Waals surface area contributed by atoms with Crippen molar-refractivity contribution in [3.8, 4) is 5.75 Å². The van der Waals surface area contributed by atoms with Crippen LogP contribution in [0.15, 0.2) is 36.4 Å².